The molecule has 0 fully saturated rings. The zero-order valence-corrected chi connectivity index (χ0v) is 12.6. The summed E-state index contributed by atoms with van der Waals surface area (Å²) in [5.41, 5.74) is 2.47. The summed E-state index contributed by atoms with van der Waals surface area (Å²) in [5.74, 6) is 0.750. The largest absolute Gasteiger partial charge is 0.292 e. The van der Waals surface area contributed by atoms with Gasteiger partial charge in [0.05, 0.1) is 10.1 Å². The number of hydrogen-bond donors (Lipinski definition) is 0. The Bertz CT molecular complexity index is 602. The molecule has 0 radical (unpaired) electrons. The Morgan fingerprint density at radius 1 is 1.22 bits per heavy atom. The summed E-state index contributed by atoms with van der Waals surface area (Å²) in [4.78, 5) is 16.3. The molecule has 2 rings (SSSR count). The molecule has 1 heterocycles. The Kier molecular flexibility index (Phi) is 4.16. The molecule has 18 heavy (non-hydrogen) atoms. The van der Waals surface area contributed by atoms with Crippen LogP contribution in [0.1, 0.15) is 23.9 Å². The highest BCUT2D eigenvalue weighted by atomic mass is 127. The molecular formula is C14H15IN2O. The second-order valence-corrected chi connectivity index (χ2v) is 5.38. The molecule has 0 bridgehead atoms. The number of halogens is 1. The molecule has 0 N–H and O–H groups in total. The molecule has 0 amide bonds. The molecule has 0 unspecified atom stereocenters. The third-order valence-electron chi connectivity index (χ3n) is 2.98. The van der Waals surface area contributed by atoms with Crippen LogP contribution in [-0.2, 0) is 13.0 Å². The minimum atomic E-state index is 0.0302. The predicted octanol–water partition coefficient (Wildman–Crippen LogP) is 2.77. The highest BCUT2D eigenvalue weighted by Gasteiger charge is 2.05. The van der Waals surface area contributed by atoms with Gasteiger partial charge in [-0.25, -0.2) is 4.98 Å². The van der Waals surface area contributed by atoms with Gasteiger partial charge in [0.25, 0.3) is 5.56 Å². The standard InChI is InChI=1S/C14H15IN2O/c1-3-11-4-6-12(7-5-11)9-17-10(2)16-8-13(15)14(17)18/h4-8H,3,9H2,1-2H3. The number of aryl methyl sites for hydroxylation is 2. The number of rotatable bonds is 3. The van der Waals surface area contributed by atoms with E-state index in [9.17, 15) is 4.79 Å². The fourth-order valence-electron chi connectivity index (χ4n) is 1.80. The molecule has 0 saturated heterocycles. The van der Waals surface area contributed by atoms with Crippen molar-refractivity contribution in [2.24, 2.45) is 0 Å². The first-order valence-electron chi connectivity index (χ1n) is 5.91. The van der Waals surface area contributed by atoms with Gasteiger partial charge in [-0.1, -0.05) is 31.2 Å². The summed E-state index contributed by atoms with van der Waals surface area (Å²) >= 11 is 2.02. The number of nitrogens with zero attached hydrogens (tertiary/aromatic N) is 2. The Labute approximate surface area is 120 Å². The molecule has 1 aromatic carbocycles. The van der Waals surface area contributed by atoms with Gasteiger partial charge in [0.2, 0.25) is 0 Å². The van der Waals surface area contributed by atoms with Crippen molar-refractivity contribution in [3.8, 4) is 0 Å². The van der Waals surface area contributed by atoms with Gasteiger partial charge < -0.3 is 0 Å². The lowest BCUT2D eigenvalue weighted by atomic mass is 10.1. The lowest BCUT2D eigenvalue weighted by Crippen LogP contribution is -2.26. The van der Waals surface area contributed by atoms with Gasteiger partial charge in [-0.05, 0) is 47.1 Å². The third kappa shape index (κ3) is 2.80. The van der Waals surface area contributed by atoms with E-state index in [1.165, 1.54) is 5.56 Å². The fourth-order valence-corrected chi connectivity index (χ4v) is 2.23. The van der Waals surface area contributed by atoms with E-state index in [0.29, 0.717) is 10.1 Å². The maximum Gasteiger partial charge on any atom is 0.267 e. The van der Waals surface area contributed by atoms with Crippen molar-refractivity contribution in [1.29, 1.82) is 0 Å². The average molecular weight is 354 g/mol. The van der Waals surface area contributed by atoms with Crippen molar-refractivity contribution in [2.75, 3.05) is 0 Å². The smallest absolute Gasteiger partial charge is 0.267 e. The fraction of sp³-hybridized carbons (Fsp3) is 0.286. The molecule has 0 atom stereocenters. The Morgan fingerprint density at radius 3 is 2.44 bits per heavy atom. The first-order chi connectivity index (χ1) is 8.61. The molecule has 2 aromatic rings. The molecule has 3 nitrogen and oxygen atoms in total. The van der Waals surface area contributed by atoms with E-state index < -0.39 is 0 Å². The quantitative estimate of drug-likeness (QED) is 0.795. The first-order valence-corrected chi connectivity index (χ1v) is 6.99. The van der Waals surface area contributed by atoms with Crippen molar-refractivity contribution >= 4 is 22.6 Å². The van der Waals surface area contributed by atoms with Gasteiger partial charge in [0, 0.05) is 6.20 Å². The van der Waals surface area contributed by atoms with Gasteiger partial charge in [-0.15, -0.1) is 0 Å². The van der Waals surface area contributed by atoms with E-state index in [4.69, 9.17) is 0 Å². The van der Waals surface area contributed by atoms with Gasteiger partial charge in [0.15, 0.2) is 0 Å². The lowest BCUT2D eigenvalue weighted by Gasteiger charge is -2.09. The van der Waals surface area contributed by atoms with Gasteiger partial charge >= 0.3 is 0 Å². The number of benzene rings is 1. The van der Waals surface area contributed by atoms with Crippen LogP contribution in [0.2, 0.25) is 0 Å². The number of aromatic nitrogens is 2. The van der Waals surface area contributed by atoms with Crippen LogP contribution < -0.4 is 5.56 Å². The van der Waals surface area contributed by atoms with Crippen LogP contribution in [0.15, 0.2) is 35.3 Å². The van der Waals surface area contributed by atoms with Crippen molar-refractivity contribution in [3.05, 3.63) is 61.3 Å². The van der Waals surface area contributed by atoms with E-state index in [0.717, 1.165) is 17.8 Å². The molecule has 0 aliphatic carbocycles. The van der Waals surface area contributed by atoms with Crippen molar-refractivity contribution in [2.45, 2.75) is 26.8 Å². The zero-order chi connectivity index (χ0) is 13.1. The van der Waals surface area contributed by atoms with Crippen LogP contribution in [0.25, 0.3) is 0 Å². The predicted molar refractivity (Wildman–Crippen MR) is 80.9 cm³/mol. The molecule has 4 heteroatoms. The molecule has 0 saturated carbocycles. The van der Waals surface area contributed by atoms with Gasteiger partial charge in [-0.3, -0.25) is 9.36 Å². The van der Waals surface area contributed by atoms with Crippen LogP contribution in [0.3, 0.4) is 0 Å². The highest BCUT2D eigenvalue weighted by molar-refractivity contribution is 14.1. The second-order valence-electron chi connectivity index (χ2n) is 4.21. The average Bonchev–Trinajstić information content (AvgIpc) is 2.40. The highest BCUT2D eigenvalue weighted by Crippen LogP contribution is 2.07. The summed E-state index contributed by atoms with van der Waals surface area (Å²) in [7, 11) is 0. The van der Waals surface area contributed by atoms with Crippen LogP contribution in [0.5, 0.6) is 0 Å². The van der Waals surface area contributed by atoms with Crippen LogP contribution in [-0.4, -0.2) is 9.55 Å². The van der Waals surface area contributed by atoms with Crippen molar-refractivity contribution in [3.63, 3.8) is 0 Å². The molecular weight excluding hydrogens is 339 g/mol. The Balaban J connectivity index is 2.33. The topological polar surface area (TPSA) is 34.9 Å². The van der Waals surface area contributed by atoms with Crippen LogP contribution in [0.4, 0.5) is 0 Å². The van der Waals surface area contributed by atoms with Crippen LogP contribution >= 0.6 is 22.6 Å². The van der Waals surface area contributed by atoms with Crippen molar-refractivity contribution in [1.82, 2.24) is 9.55 Å². The van der Waals surface area contributed by atoms with E-state index in [2.05, 4.69) is 36.2 Å². The van der Waals surface area contributed by atoms with Crippen molar-refractivity contribution < 1.29 is 0 Å². The summed E-state index contributed by atoms with van der Waals surface area (Å²) in [6.45, 7) is 4.57. The third-order valence-corrected chi connectivity index (χ3v) is 3.72. The first kappa shape index (κ1) is 13.3. The van der Waals surface area contributed by atoms with Gasteiger partial charge in [-0.2, -0.15) is 0 Å². The summed E-state index contributed by atoms with van der Waals surface area (Å²) in [6, 6.07) is 8.36. The Morgan fingerprint density at radius 2 is 1.83 bits per heavy atom. The van der Waals surface area contributed by atoms with E-state index in [1.807, 2.05) is 29.5 Å². The molecule has 94 valence electrons. The normalized spacial score (nSPS) is 10.6. The summed E-state index contributed by atoms with van der Waals surface area (Å²) in [6.07, 6.45) is 2.65. The minimum Gasteiger partial charge on any atom is -0.292 e. The molecule has 0 spiro atoms. The lowest BCUT2D eigenvalue weighted by molar-refractivity contribution is 0.694. The summed E-state index contributed by atoms with van der Waals surface area (Å²) in [5, 5.41) is 0. The maximum atomic E-state index is 12.0. The minimum absolute atomic E-state index is 0.0302. The summed E-state index contributed by atoms with van der Waals surface area (Å²) < 4.78 is 2.37. The number of hydrogen-bond acceptors (Lipinski definition) is 2. The second kappa shape index (κ2) is 5.65. The molecule has 1 aromatic heterocycles. The molecule has 0 aliphatic rings. The SMILES string of the molecule is CCc1ccc(Cn2c(C)ncc(I)c2=O)cc1. The van der Waals surface area contributed by atoms with E-state index >= 15 is 0 Å². The maximum absolute atomic E-state index is 12.0. The van der Waals surface area contributed by atoms with E-state index in [1.54, 1.807) is 10.8 Å². The van der Waals surface area contributed by atoms with E-state index in [-0.39, 0.29) is 5.56 Å². The van der Waals surface area contributed by atoms with Crippen LogP contribution in [0, 0.1) is 10.5 Å². The molecule has 0 aliphatic heterocycles. The Hall–Kier alpha value is -1.17. The van der Waals surface area contributed by atoms with Gasteiger partial charge in [0.1, 0.15) is 5.82 Å². The zero-order valence-electron chi connectivity index (χ0n) is 10.5. The monoisotopic (exact) mass is 354 g/mol.